The smallest absolute Gasteiger partial charge is 0.0596 e. The minimum atomic E-state index is 0.340. The van der Waals surface area contributed by atoms with Crippen molar-refractivity contribution in [1.29, 1.82) is 0 Å². The van der Waals surface area contributed by atoms with E-state index < -0.39 is 0 Å². The normalized spacial score (nSPS) is 30.3. The molecule has 0 saturated heterocycles. The Kier molecular flexibility index (Phi) is 8.84. The Labute approximate surface area is 132 Å². The van der Waals surface area contributed by atoms with E-state index in [1.54, 1.807) is 0 Å². The molecule has 4 atom stereocenters. The third kappa shape index (κ3) is 7.12. The minimum Gasteiger partial charge on any atom is -0.377 e. The summed E-state index contributed by atoms with van der Waals surface area (Å²) in [6.07, 6.45) is 4.28. The maximum atomic E-state index is 5.68. The van der Waals surface area contributed by atoms with Crippen LogP contribution in [0, 0.1) is 17.8 Å². The van der Waals surface area contributed by atoms with E-state index in [1.165, 1.54) is 25.8 Å². The van der Waals surface area contributed by atoms with Gasteiger partial charge >= 0.3 is 0 Å². The van der Waals surface area contributed by atoms with Gasteiger partial charge in [-0.3, -0.25) is 0 Å². The standard InChI is InChI=1S/C18H38N2O/c1-7-8-19-18-12-15(4)11-16(5)17(18)13-20(6)9-10-21-14(2)3/h14-19H,7-13H2,1-6H3. The maximum absolute atomic E-state index is 5.68. The highest BCUT2D eigenvalue weighted by molar-refractivity contribution is 4.89. The van der Waals surface area contributed by atoms with Crippen molar-refractivity contribution in [2.75, 3.05) is 33.3 Å². The van der Waals surface area contributed by atoms with Crippen LogP contribution in [0.1, 0.15) is 53.9 Å². The van der Waals surface area contributed by atoms with Crippen molar-refractivity contribution < 1.29 is 4.74 Å². The van der Waals surface area contributed by atoms with Crippen LogP contribution in [0.4, 0.5) is 0 Å². The molecule has 1 rings (SSSR count). The molecule has 0 aliphatic heterocycles. The molecule has 0 heterocycles. The first-order chi connectivity index (χ1) is 9.93. The van der Waals surface area contributed by atoms with Crippen molar-refractivity contribution in [1.82, 2.24) is 10.2 Å². The second-order valence-corrected chi connectivity index (χ2v) is 7.46. The molecule has 3 heteroatoms. The minimum absolute atomic E-state index is 0.340. The molecule has 0 aromatic heterocycles. The van der Waals surface area contributed by atoms with E-state index in [9.17, 15) is 0 Å². The largest absolute Gasteiger partial charge is 0.377 e. The summed E-state index contributed by atoms with van der Waals surface area (Å²) in [5.41, 5.74) is 0. The monoisotopic (exact) mass is 298 g/mol. The van der Waals surface area contributed by atoms with Crippen LogP contribution in [0.5, 0.6) is 0 Å². The van der Waals surface area contributed by atoms with Crippen molar-refractivity contribution in [3.63, 3.8) is 0 Å². The Morgan fingerprint density at radius 1 is 1.24 bits per heavy atom. The maximum Gasteiger partial charge on any atom is 0.0596 e. The Balaban J connectivity index is 2.46. The molecule has 0 aromatic carbocycles. The van der Waals surface area contributed by atoms with Gasteiger partial charge in [-0.05, 0) is 64.5 Å². The van der Waals surface area contributed by atoms with Gasteiger partial charge in [0.15, 0.2) is 0 Å². The molecule has 1 fully saturated rings. The Morgan fingerprint density at radius 2 is 1.95 bits per heavy atom. The molecule has 1 saturated carbocycles. The van der Waals surface area contributed by atoms with Gasteiger partial charge in [0.1, 0.15) is 0 Å². The van der Waals surface area contributed by atoms with Gasteiger partial charge < -0.3 is 15.0 Å². The van der Waals surface area contributed by atoms with Crippen LogP contribution in [0.25, 0.3) is 0 Å². The summed E-state index contributed by atoms with van der Waals surface area (Å²) in [4.78, 5) is 2.46. The quantitative estimate of drug-likeness (QED) is 0.706. The van der Waals surface area contributed by atoms with Crippen LogP contribution in [0.2, 0.25) is 0 Å². The highest BCUT2D eigenvalue weighted by Crippen LogP contribution is 2.34. The summed E-state index contributed by atoms with van der Waals surface area (Å²) in [5.74, 6) is 2.45. The number of rotatable bonds is 9. The number of ether oxygens (including phenoxy) is 1. The fourth-order valence-corrected chi connectivity index (χ4v) is 3.68. The highest BCUT2D eigenvalue weighted by Gasteiger charge is 2.33. The lowest BCUT2D eigenvalue weighted by molar-refractivity contribution is 0.0507. The van der Waals surface area contributed by atoms with Crippen LogP contribution >= 0.6 is 0 Å². The average molecular weight is 299 g/mol. The predicted octanol–water partition coefficient (Wildman–Crippen LogP) is 3.39. The van der Waals surface area contributed by atoms with E-state index in [2.05, 4.69) is 51.9 Å². The Morgan fingerprint density at radius 3 is 2.57 bits per heavy atom. The van der Waals surface area contributed by atoms with Crippen molar-refractivity contribution in [3.05, 3.63) is 0 Å². The van der Waals surface area contributed by atoms with Gasteiger partial charge in [-0.15, -0.1) is 0 Å². The van der Waals surface area contributed by atoms with Gasteiger partial charge in [-0.1, -0.05) is 20.8 Å². The molecule has 21 heavy (non-hydrogen) atoms. The van der Waals surface area contributed by atoms with Gasteiger partial charge in [-0.2, -0.15) is 0 Å². The zero-order valence-electron chi connectivity index (χ0n) is 15.2. The molecule has 3 nitrogen and oxygen atoms in total. The van der Waals surface area contributed by atoms with Crippen molar-refractivity contribution in [3.8, 4) is 0 Å². The van der Waals surface area contributed by atoms with E-state index in [1.807, 2.05) is 0 Å². The fraction of sp³-hybridized carbons (Fsp3) is 1.00. The molecule has 0 radical (unpaired) electrons. The molecule has 0 aromatic rings. The second kappa shape index (κ2) is 9.81. The second-order valence-electron chi connectivity index (χ2n) is 7.46. The summed E-state index contributed by atoms with van der Waals surface area (Å²) in [5, 5.41) is 3.80. The molecule has 0 amide bonds. The van der Waals surface area contributed by atoms with Crippen LogP contribution < -0.4 is 5.32 Å². The summed E-state index contributed by atoms with van der Waals surface area (Å²) < 4.78 is 5.68. The molecule has 126 valence electrons. The number of hydrogen-bond donors (Lipinski definition) is 1. The summed E-state index contributed by atoms with van der Waals surface area (Å²) >= 11 is 0. The van der Waals surface area contributed by atoms with Crippen molar-refractivity contribution in [2.45, 2.75) is 66.0 Å². The summed E-state index contributed by atoms with van der Waals surface area (Å²) in [6, 6.07) is 0.692. The molecular weight excluding hydrogens is 260 g/mol. The first-order valence-electron chi connectivity index (χ1n) is 8.97. The van der Waals surface area contributed by atoms with Crippen LogP contribution in [-0.4, -0.2) is 50.3 Å². The van der Waals surface area contributed by atoms with E-state index in [4.69, 9.17) is 4.74 Å². The first-order valence-corrected chi connectivity index (χ1v) is 8.97. The molecule has 0 bridgehead atoms. The van der Waals surface area contributed by atoms with E-state index in [0.717, 1.165) is 37.5 Å². The molecule has 4 unspecified atom stereocenters. The summed E-state index contributed by atoms with van der Waals surface area (Å²) in [7, 11) is 2.24. The van der Waals surface area contributed by atoms with E-state index in [-0.39, 0.29) is 0 Å². The lowest BCUT2D eigenvalue weighted by Crippen LogP contribution is -2.49. The number of likely N-dealkylation sites (N-methyl/N-ethyl adjacent to an activating group) is 1. The molecule has 0 spiro atoms. The zero-order chi connectivity index (χ0) is 15.8. The fourth-order valence-electron chi connectivity index (χ4n) is 3.68. The number of hydrogen-bond acceptors (Lipinski definition) is 3. The Bertz CT molecular complexity index is 270. The number of nitrogens with one attached hydrogen (secondary N) is 1. The third-order valence-electron chi connectivity index (χ3n) is 4.78. The van der Waals surface area contributed by atoms with Crippen molar-refractivity contribution >= 4 is 0 Å². The lowest BCUT2D eigenvalue weighted by Gasteiger charge is -2.42. The third-order valence-corrected chi connectivity index (χ3v) is 4.78. The average Bonchev–Trinajstić information content (AvgIpc) is 2.39. The van der Waals surface area contributed by atoms with Crippen molar-refractivity contribution in [2.24, 2.45) is 17.8 Å². The lowest BCUT2D eigenvalue weighted by atomic mass is 9.72. The first kappa shape index (κ1) is 18.9. The molecule has 1 N–H and O–H groups in total. The van der Waals surface area contributed by atoms with Gasteiger partial charge in [-0.25, -0.2) is 0 Å². The molecular formula is C18H38N2O. The Hall–Kier alpha value is -0.120. The van der Waals surface area contributed by atoms with Gasteiger partial charge in [0.2, 0.25) is 0 Å². The van der Waals surface area contributed by atoms with Gasteiger partial charge in [0.25, 0.3) is 0 Å². The van der Waals surface area contributed by atoms with Crippen LogP contribution in [0.15, 0.2) is 0 Å². The van der Waals surface area contributed by atoms with Crippen LogP contribution in [-0.2, 0) is 4.74 Å². The zero-order valence-corrected chi connectivity index (χ0v) is 15.2. The SMILES string of the molecule is CCCNC1CC(C)CC(C)C1CN(C)CCOC(C)C. The molecule has 1 aliphatic carbocycles. The predicted molar refractivity (Wildman–Crippen MR) is 91.7 cm³/mol. The van der Waals surface area contributed by atoms with E-state index >= 15 is 0 Å². The highest BCUT2D eigenvalue weighted by atomic mass is 16.5. The molecule has 1 aliphatic rings. The van der Waals surface area contributed by atoms with E-state index in [0.29, 0.717) is 12.1 Å². The van der Waals surface area contributed by atoms with Gasteiger partial charge in [0.05, 0.1) is 12.7 Å². The summed E-state index contributed by atoms with van der Waals surface area (Å²) in [6.45, 7) is 15.6. The van der Waals surface area contributed by atoms with Gasteiger partial charge in [0, 0.05) is 19.1 Å². The number of nitrogens with zero attached hydrogens (tertiary/aromatic N) is 1. The topological polar surface area (TPSA) is 24.5 Å². The van der Waals surface area contributed by atoms with Crippen LogP contribution in [0.3, 0.4) is 0 Å².